The average molecular weight is 1550 g/mol. The molecule has 0 unspecified atom stereocenters. The topological polar surface area (TPSA) is 49.1 Å². The van der Waals surface area contributed by atoms with Crippen LogP contribution in [-0.2, 0) is 0 Å². The number of rotatable bonds is 14. The summed E-state index contributed by atoms with van der Waals surface area (Å²) in [4.78, 5) is 7.24. The molecule has 18 aromatic carbocycles. The molecule has 0 saturated carbocycles. The second kappa shape index (κ2) is 27.1. The van der Waals surface area contributed by atoms with Gasteiger partial charge in [-0.2, -0.15) is 0 Å². The zero-order valence-electron chi connectivity index (χ0n) is 62.8. The van der Waals surface area contributed by atoms with E-state index in [1.54, 1.807) is 0 Å². The fourth-order valence-electron chi connectivity index (χ4n) is 18.0. The lowest BCUT2D eigenvalue weighted by Gasteiger charge is -2.27. The summed E-state index contributed by atoms with van der Waals surface area (Å²) in [5.74, 6) is 0. The second-order valence-electron chi connectivity index (χ2n) is 30.1. The van der Waals surface area contributed by atoms with Gasteiger partial charge in [0.25, 0.3) is 0 Å². The molecule has 117 heavy (non-hydrogen) atoms. The number of anilines is 9. The van der Waals surface area contributed by atoms with Crippen molar-refractivity contribution < 1.29 is 13.3 Å². The van der Waals surface area contributed by atoms with Crippen molar-refractivity contribution in [2.24, 2.45) is 0 Å². The number of hydrogen-bond acceptors (Lipinski definition) is 9. The van der Waals surface area contributed by atoms with Crippen LogP contribution in [0.15, 0.2) is 408 Å². The van der Waals surface area contributed by atoms with Gasteiger partial charge in [-0.1, -0.05) is 267 Å². The molecule has 0 radical (unpaired) electrons. The Morgan fingerprint density at radius 3 is 1.09 bits per heavy atom. The predicted molar refractivity (Wildman–Crippen MR) is 498 cm³/mol. The number of fused-ring (bicyclic) bond motifs is 18. The molecule has 0 aliphatic rings. The van der Waals surface area contributed by atoms with Crippen LogP contribution in [-0.4, -0.2) is 0 Å². The molecule has 0 bridgehead atoms. The number of hydrogen-bond donors (Lipinski definition) is 0. The van der Waals surface area contributed by atoms with Gasteiger partial charge >= 0.3 is 0 Å². The fourth-order valence-corrected chi connectivity index (χ4v) is 21.6. The third-order valence-corrected chi connectivity index (χ3v) is 27.1. The number of furan rings is 3. The van der Waals surface area contributed by atoms with Gasteiger partial charge in [-0.25, -0.2) is 0 Å². The largest absolute Gasteiger partial charge is 0.454 e. The van der Waals surface area contributed by atoms with Crippen LogP contribution >= 0.6 is 34.0 Å². The molecule has 0 atom stereocenters. The standard InChI is InChI=1S/C108H65N3O3S3/c1-4-22-66(23-5-1)68-44-46-69(47-45-68)71-50-54-76(55-51-71)110(93-39-21-35-85-80-29-11-15-41-99(80)115-106(85)93)91-37-19-33-83-87-62-72(52-60-97(87)113-104(83)91)74-64-89-81-30-12-16-42-100(81)116-107(89)95(65-74)111(77-56-48-70(49-57-77)67-24-6-2-7-25-67)92-38-20-34-84-88-63-73(53-61-98(88)114-105(84)92)78-58-59-94(108-102(78)86-31-13-17-43-101(86)117-108)109(75-26-8-3-9-27-75)90-36-18-32-82-79-28-10-14-40-96(79)112-103(82)90/h1-65H. The fraction of sp³-hybridized carbons (Fsp3) is 0. The molecule has 0 N–H and O–H groups in total. The Labute approximate surface area is 684 Å². The highest BCUT2D eigenvalue weighted by atomic mass is 32.1. The first-order valence-corrected chi connectivity index (χ1v) is 41.9. The maximum Gasteiger partial charge on any atom is 0.159 e. The molecule has 24 aromatic rings. The molecule has 6 nitrogen and oxygen atoms in total. The Balaban J connectivity index is 0.659. The third-order valence-electron chi connectivity index (χ3n) is 23.5. The van der Waals surface area contributed by atoms with E-state index < -0.39 is 0 Å². The Hall–Kier alpha value is -14.6. The van der Waals surface area contributed by atoms with Crippen LogP contribution in [0.2, 0.25) is 0 Å². The molecule has 548 valence electrons. The van der Waals surface area contributed by atoms with E-state index in [0.29, 0.717) is 0 Å². The molecular weight excluding hydrogens is 1480 g/mol. The minimum Gasteiger partial charge on any atom is -0.454 e. The molecule has 24 rings (SSSR count). The summed E-state index contributed by atoms with van der Waals surface area (Å²) in [6.45, 7) is 0. The van der Waals surface area contributed by atoms with E-state index in [9.17, 15) is 0 Å². The van der Waals surface area contributed by atoms with Gasteiger partial charge in [-0.15, -0.1) is 34.0 Å². The van der Waals surface area contributed by atoms with Crippen LogP contribution in [0.5, 0.6) is 0 Å². The van der Waals surface area contributed by atoms with Gasteiger partial charge in [0.05, 0.1) is 48.2 Å². The molecule has 6 aromatic heterocycles. The van der Waals surface area contributed by atoms with E-state index in [4.69, 9.17) is 13.3 Å². The molecule has 0 aliphatic carbocycles. The Morgan fingerprint density at radius 2 is 0.530 bits per heavy atom. The summed E-state index contributed by atoms with van der Waals surface area (Å²) >= 11 is 5.50. The first-order chi connectivity index (χ1) is 58.0. The number of nitrogens with zero attached hydrogens (tertiary/aromatic N) is 3. The third kappa shape index (κ3) is 11.0. The predicted octanol–water partition coefficient (Wildman–Crippen LogP) is 33.2. The highest BCUT2D eigenvalue weighted by molar-refractivity contribution is 7.27. The second-order valence-corrected chi connectivity index (χ2v) is 33.2. The first kappa shape index (κ1) is 67.0. The van der Waals surface area contributed by atoms with Crippen molar-refractivity contribution in [1.82, 2.24) is 0 Å². The van der Waals surface area contributed by atoms with E-state index in [1.165, 1.54) is 71.6 Å². The minimum atomic E-state index is 0.792. The Kier molecular flexibility index (Phi) is 15.5. The molecule has 0 fully saturated rings. The number of benzene rings is 18. The van der Waals surface area contributed by atoms with E-state index >= 15 is 0 Å². The summed E-state index contributed by atoms with van der Waals surface area (Å²) in [7, 11) is 0. The van der Waals surface area contributed by atoms with E-state index in [0.717, 1.165) is 162 Å². The lowest BCUT2D eigenvalue weighted by molar-refractivity contribution is 0.669. The van der Waals surface area contributed by atoms with Crippen LogP contribution in [0.1, 0.15) is 0 Å². The lowest BCUT2D eigenvalue weighted by Crippen LogP contribution is -2.10. The summed E-state index contributed by atoms with van der Waals surface area (Å²) in [5, 5.41) is 13.6. The van der Waals surface area contributed by atoms with Crippen molar-refractivity contribution in [3.63, 3.8) is 0 Å². The molecule has 0 saturated heterocycles. The summed E-state index contributed by atoms with van der Waals surface area (Å²) in [5.41, 5.74) is 25.4. The van der Waals surface area contributed by atoms with E-state index in [-0.39, 0.29) is 0 Å². The number of thiophene rings is 3. The quantitative estimate of drug-likeness (QED) is 0.108. The van der Waals surface area contributed by atoms with Crippen molar-refractivity contribution in [2.75, 3.05) is 14.7 Å². The smallest absolute Gasteiger partial charge is 0.159 e. The monoisotopic (exact) mass is 1550 g/mol. The van der Waals surface area contributed by atoms with Gasteiger partial charge in [-0.05, 0) is 183 Å². The van der Waals surface area contributed by atoms with Crippen LogP contribution in [0.3, 0.4) is 0 Å². The SMILES string of the molecule is c1ccc(-c2ccc(-c3ccc(N(c4cccc5c4oc4ccc(-c6cc(N(c7ccc(-c8ccccc8)cc7)c7cccc8c7oc7ccc(-c9ccc(N(c%10ccccc%10)c%10cccc%11c%10oc%10ccccc%10%11)c%10sc%11ccccc%11c9%10)cc78)c7sc8ccccc8c7c6)cc45)c4cccc5c4sc4ccccc45)cc3)cc2)cc1. The normalized spacial score (nSPS) is 11.9. The summed E-state index contributed by atoms with van der Waals surface area (Å²) < 4.78 is 28.7. The maximum atomic E-state index is 7.40. The van der Waals surface area contributed by atoms with Crippen molar-refractivity contribution in [2.45, 2.75) is 0 Å². The number of para-hydroxylation sites is 5. The molecule has 0 spiro atoms. The van der Waals surface area contributed by atoms with Gasteiger partial charge in [0, 0.05) is 95.8 Å². The van der Waals surface area contributed by atoms with Crippen LogP contribution in [0, 0.1) is 0 Å². The maximum absolute atomic E-state index is 7.40. The lowest BCUT2D eigenvalue weighted by atomic mass is 9.96. The van der Waals surface area contributed by atoms with Gasteiger partial charge in [0.15, 0.2) is 16.7 Å². The van der Waals surface area contributed by atoms with E-state index in [1.807, 2.05) is 40.1 Å². The average Bonchev–Trinajstić information content (AvgIpc) is 1.60. The van der Waals surface area contributed by atoms with E-state index in [2.05, 4.69) is 403 Å². The Morgan fingerprint density at radius 1 is 0.179 bits per heavy atom. The van der Waals surface area contributed by atoms with Crippen molar-refractivity contribution >= 4 is 212 Å². The van der Waals surface area contributed by atoms with Gasteiger partial charge < -0.3 is 28.0 Å². The van der Waals surface area contributed by atoms with Crippen LogP contribution in [0.4, 0.5) is 51.2 Å². The first-order valence-electron chi connectivity index (χ1n) is 39.5. The minimum absolute atomic E-state index is 0.792. The summed E-state index contributed by atoms with van der Waals surface area (Å²) in [6.07, 6.45) is 0. The van der Waals surface area contributed by atoms with Crippen LogP contribution < -0.4 is 14.7 Å². The highest BCUT2D eigenvalue weighted by Gasteiger charge is 2.29. The zero-order valence-corrected chi connectivity index (χ0v) is 65.3. The molecule has 6 heterocycles. The highest BCUT2D eigenvalue weighted by Crippen LogP contribution is 2.55. The van der Waals surface area contributed by atoms with Crippen molar-refractivity contribution in [3.8, 4) is 55.6 Å². The van der Waals surface area contributed by atoms with Crippen LogP contribution in [0.25, 0.3) is 182 Å². The van der Waals surface area contributed by atoms with Gasteiger partial charge in [-0.3, -0.25) is 0 Å². The zero-order chi connectivity index (χ0) is 76.8. The molecule has 0 aliphatic heterocycles. The molecular formula is C108H65N3O3S3. The van der Waals surface area contributed by atoms with Gasteiger partial charge in [0.1, 0.15) is 16.7 Å². The van der Waals surface area contributed by atoms with Gasteiger partial charge in [0.2, 0.25) is 0 Å². The molecule has 0 amide bonds. The molecule has 9 heteroatoms. The Bertz CT molecular complexity index is 8080. The van der Waals surface area contributed by atoms with Crippen molar-refractivity contribution in [3.05, 3.63) is 394 Å². The summed E-state index contributed by atoms with van der Waals surface area (Å²) in [6, 6.07) is 143. The van der Waals surface area contributed by atoms with Crippen molar-refractivity contribution in [1.29, 1.82) is 0 Å².